The van der Waals surface area contributed by atoms with Crippen molar-refractivity contribution in [2.24, 2.45) is 5.92 Å². The predicted octanol–water partition coefficient (Wildman–Crippen LogP) is 1.25. The molecule has 2 heterocycles. The molecule has 6 nitrogen and oxygen atoms in total. The molecule has 0 saturated carbocycles. The van der Waals surface area contributed by atoms with Crippen LogP contribution in [-0.2, 0) is 11.3 Å². The minimum Gasteiger partial charge on any atom is -0.369 e. The summed E-state index contributed by atoms with van der Waals surface area (Å²) in [6.45, 7) is 1.93. The quantitative estimate of drug-likeness (QED) is 0.918. The molecule has 0 bridgehead atoms. The predicted molar refractivity (Wildman–Crippen MR) is 93.0 cm³/mol. The van der Waals surface area contributed by atoms with Gasteiger partial charge >= 0.3 is 0 Å². The topological polar surface area (TPSA) is 67.2 Å². The molecule has 1 N–H and O–H groups in total. The molecule has 1 aliphatic heterocycles. The van der Waals surface area contributed by atoms with Crippen molar-refractivity contribution in [1.29, 1.82) is 0 Å². The standard InChI is InChI=1S/C18H22N4O2/c1-19-18(24)15-8-5-9-21(13-15)16-10-17(23)22(20-11-16)12-14-6-3-2-4-7-14/h2-4,6-7,10-11,15H,5,8-9,12-13H2,1H3,(H,19,24). The van der Waals surface area contributed by atoms with E-state index in [4.69, 9.17) is 0 Å². The first-order valence-corrected chi connectivity index (χ1v) is 8.25. The normalized spacial score (nSPS) is 17.5. The van der Waals surface area contributed by atoms with Gasteiger partial charge in [-0.3, -0.25) is 9.59 Å². The summed E-state index contributed by atoms with van der Waals surface area (Å²) in [5.74, 6) is 0.0283. The van der Waals surface area contributed by atoms with E-state index in [1.165, 1.54) is 4.68 Å². The van der Waals surface area contributed by atoms with Crippen molar-refractivity contribution in [3.05, 3.63) is 58.5 Å². The van der Waals surface area contributed by atoms with Crippen LogP contribution in [0.5, 0.6) is 0 Å². The summed E-state index contributed by atoms with van der Waals surface area (Å²) in [7, 11) is 1.66. The van der Waals surface area contributed by atoms with Crippen LogP contribution in [0.25, 0.3) is 0 Å². The molecule has 0 aliphatic carbocycles. The van der Waals surface area contributed by atoms with Crippen molar-refractivity contribution in [2.45, 2.75) is 19.4 Å². The summed E-state index contributed by atoms with van der Waals surface area (Å²) < 4.78 is 1.46. The van der Waals surface area contributed by atoms with Crippen LogP contribution in [0.4, 0.5) is 5.69 Å². The van der Waals surface area contributed by atoms with E-state index in [-0.39, 0.29) is 17.4 Å². The highest BCUT2D eigenvalue weighted by molar-refractivity contribution is 5.79. The second-order valence-electron chi connectivity index (χ2n) is 6.09. The molecular weight excluding hydrogens is 304 g/mol. The van der Waals surface area contributed by atoms with Gasteiger partial charge in [-0.1, -0.05) is 30.3 Å². The number of piperidine rings is 1. The molecule has 1 fully saturated rings. The Kier molecular flexibility index (Phi) is 4.93. The highest BCUT2D eigenvalue weighted by Crippen LogP contribution is 2.21. The van der Waals surface area contributed by atoms with Gasteiger partial charge in [0.05, 0.1) is 24.3 Å². The Morgan fingerprint density at radius 3 is 2.83 bits per heavy atom. The minimum absolute atomic E-state index is 0.0319. The van der Waals surface area contributed by atoms with Crippen molar-refractivity contribution in [3.63, 3.8) is 0 Å². The van der Waals surface area contributed by atoms with Gasteiger partial charge in [0.15, 0.2) is 0 Å². The van der Waals surface area contributed by atoms with Crippen molar-refractivity contribution in [2.75, 3.05) is 25.0 Å². The minimum atomic E-state index is -0.126. The Morgan fingerprint density at radius 2 is 2.12 bits per heavy atom. The summed E-state index contributed by atoms with van der Waals surface area (Å²) in [5, 5.41) is 7.01. The van der Waals surface area contributed by atoms with Crippen molar-refractivity contribution in [3.8, 4) is 0 Å². The molecule has 1 aromatic carbocycles. The van der Waals surface area contributed by atoms with Crippen molar-refractivity contribution < 1.29 is 4.79 Å². The van der Waals surface area contributed by atoms with Crippen molar-refractivity contribution >= 4 is 11.6 Å². The molecule has 1 saturated heterocycles. The van der Waals surface area contributed by atoms with E-state index in [1.807, 2.05) is 30.3 Å². The summed E-state index contributed by atoms with van der Waals surface area (Å²) in [5.41, 5.74) is 1.70. The van der Waals surface area contributed by atoms with Crippen LogP contribution in [0.3, 0.4) is 0 Å². The first-order chi connectivity index (χ1) is 11.7. The smallest absolute Gasteiger partial charge is 0.269 e. The average Bonchev–Trinajstić information content (AvgIpc) is 2.63. The third-order valence-electron chi connectivity index (χ3n) is 4.43. The number of benzene rings is 1. The van der Waals surface area contributed by atoms with E-state index in [1.54, 1.807) is 19.3 Å². The van der Waals surface area contributed by atoms with Gasteiger partial charge in [-0.05, 0) is 18.4 Å². The maximum atomic E-state index is 12.4. The molecule has 2 aromatic rings. The van der Waals surface area contributed by atoms with Crippen LogP contribution >= 0.6 is 0 Å². The van der Waals surface area contributed by atoms with E-state index in [9.17, 15) is 9.59 Å². The van der Waals surface area contributed by atoms with Gasteiger partial charge in [-0.25, -0.2) is 4.68 Å². The Bertz CT molecular complexity index is 757. The lowest BCUT2D eigenvalue weighted by Gasteiger charge is -2.33. The van der Waals surface area contributed by atoms with Crippen LogP contribution in [0, 0.1) is 5.92 Å². The Morgan fingerprint density at radius 1 is 1.33 bits per heavy atom. The number of aromatic nitrogens is 2. The summed E-state index contributed by atoms with van der Waals surface area (Å²) >= 11 is 0. The van der Waals surface area contributed by atoms with Crippen LogP contribution < -0.4 is 15.8 Å². The summed E-state index contributed by atoms with van der Waals surface area (Å²) in [6.07, 6.45) is 3.54. The molecule has 24 heavy (non-hydrogen) atoms. The van der Waals surface area contributed by atoms with Crippen LogP contribution in [-0.4, -0.2) is 35.8 Å². The molecule has 1 aromatic heterocycles. The van der Waals surface area contributed by atoms with Gasteiger partial charge in [0.2, 0.25) is 5.91 Å². The summed E-state index contributed by atoms with van der Waals surface area (Å²) in [6, 6.07) is 11.4. The number of hydrogen-bond donors (Lipinski definition) is 1. The number of rotatable bonds is 4. The van der Waals surface area contributed by atoms with Crippen LogP contribution in [0.15, 0.2) is 47.4 Å². The van der Waals surface area contributed by atoms with E-state index in [2.05, 4.69) is 15.3 Å². The van der Waals surface area contributed by atoms with Gasteiger partial charge in [0.25, 0.3) is 5.56 Å². The first-order valence-electron chi connectivity index (χ1n) is 8.25. The average molecular weight is 326 g/mol. The van der Waals surface area contributed by atoms with Crippen LogP contribution in [0.2, 0.25) is 0 Å². The maximum absolute atomic E-state index is 12.4. The zero-order valence-electron chi connectivity index (χ0n) is 13.8. The van der Waals surface area contributed by atoms with Gasteiger partial charge in [0, 0.05) is 26.2 Å². The fourth-order valence-corrected chi connectivity index (χ4v) is 3.10. The second-order valence-corrected chi connectivity index (χ2v) is 6.09. The van der Waals surface area contributed by atoms with Gasteiger partial charge < -0.3 is 10.2 Å². The number of anilines is 1. The van der Waals surface area contributed by atoms with Gasteiger partial charge in [0.1, 0.15) is 0 Å². The monoisotopic (exact) mass is 326 g/mol. The lowest BCUT2D eigenvalue weighted by Crippen LogP contribution is -2.42. The zero-order chi connectivity index (χ0) is 16.9. The SMILES string of the molecule is CNC(=O)C1CCCN(c2cnn(Cc3ccccc3)c(=O)c2)C1. The third-order valence-corrected chi connectivity index (χ3v) is 4.43. The molecule has 0 radical (unpaired) electrons. The lowest BCUT2D eigenvalue weighted by atomic mass is 9.97. The number of carbonyl (C=O) groups is 1. The number of nitrogens with one attached hydrogen (secondary N) is 1. The number of hydrogen-bond acceptors (Lipinski definition) is 4. The van der Waals surface area contributed by atoms with E-state index < -0.39 is 0 Å². The lowest BCUT2D eigenvalue weighted by molar-refractivity contribution is -0.124. The van der Waals surface area contributed by atoms with Gasteiger partial charge in [-0.15, -0.1) is 0 Å². The summed E-state index contributed by atoms with van der Waals surface area (Å²) in [4.78, 5) is 26.3. The molecule has 1 aliphatic rings. The second kappa shape index (κ2) is 7.29. The molecule has 0 spiro atoms. The Labute approximate surface area is 141 Å². The molecule has 6 heteroatoms. The fourth-order valence-electron chi connectivity index (χ4n) is 3.10. The Hall–Kier alpha value is -2.63. The molecule has 1 amide bonds. The van der Waals surface area contributed by atoms with E-state index >= 15 is 0 Å². The van der Waals surface area contributed by atoms with E-state index in [0.29, 0.717) is 13.1 Å². The van der Waals surface area contributed by atoms with Crippen LogP contribution in [0.1, 0.15) is 18.4 Å². The highest BCUT2D eigenvalue weighted by atomic mass is 16.2. The number of amides is 1. The molecule has 1 unspecified atom stereocenters. The molecule has 3 rings (SSSR count). The molecular formula is C18H22N4O2. The first kappa shape index (κ1) is 16.2. The number of carbonyl (C=O) groups excluding carboxylic acids is 1. The third kappa shape index (κ3) is 3.64. The fraction of sp³-hybridized carbons (Fsp3) is 0.389. The number of nitrogens with zero attached hydrogens (tertiary/aromatic N) is 3. The van der Waals surface area contributed by atoms with E-state index in [0.717, 1.165) is 30.6 Å². The molecule has 1 atom stereocenters. The Balaban J connectivity index is 1.74. The van der Waals surface area contributed by atoms with Gasteiger partial charge in [-0.2, -0.15) is 5.10 Å². The zero-order valence-corrected chi connectivity index (χ0v) is 13.8. The largest absolute Gasteiger partial charge is 0.369 e. The molecule has 126 valence electrons. The highest BCUT2D eigenvalue weighted by Gasteiger charge is 2.25. The maximum Gasteiger partial charge on any atom is 0.269 e. The van der Waals surface area contributed by atoms with Crippen molar-refractivity contribution in [1.82, 2.24) is 15.1 Å².